The number of likely N-dealkylation sites (tertiary alicyclic amines) is 1. The Hall–Kier alpha value is -3.35. The van der Waals surface area contributed by atoms with E-state index in [-0.39, 0.29) is 35.6 Å². The van der Waals surface area contributed by atoms with E-state index in [2.05, 4.69) is 26.7 Å². The molecule has 0 radical (unpaired) electrons. The first-order valence-corrected chi connectivity index (χ1v) is 12.2. The Morgan fingerprint density at radius 3 is 2.65 bits per heavy atom. The van der Waals surface area contributed by atoms with Crippen LogP contribution in [0.25, 0.3) is 21.5 Å². The number of hydrogen-bond acceptors (Lipinski definition) is 8. The molecule has 2 aliphatic heterocycles. The summed E-state index contributed by atoms with van der Waals surface area (Å²) in [4.78, 5) is 37.1. The SMILES string of the molecule is Cc1cc(C#N)nc(-c2ccnc3cc(CN4C(=O)C5C(C4=O)C5(C)C)sc23)c1NC1CNC1. The zero-order valence-corrected chi connectivity index (χ0v) is 20.0. The van der Waals surface area contributed by atoms with Gasteiger partial charge in [0, 0.05) is 29.7 Å². The third-order valence-electron chi connectivity index (χ3n) is 7.38. The van der Waals surface area contributed by atoms with Crippen LogP contribution in [0.3, 0.4) is 0 Å². The topological polar surface area (TPSA) is 111 Å². The van der Waals surface area contributed by atoms with Crippen molar-refractivity contribution >= 4 is 39.1 Å². The summed E-state index contributed by atoms with van der Waals surface area (Å²) in [7, 11) is 0. The van der Waals surface area contributed by atoms with Crippen LogP contribution in [0.1, 0.15) is 30.0 Å². The van der Waals surface area contributed by atoms with Crippen molar-refractivity contribution in [3.63, 3.8) is 0 Å². The summed E-state index contributed by atoms with van der Waals surface area (Å²) in [5.74, 6) is -0.493. The number of nitrogens with one attached hydrogen (secondary N) is 2. The molecule has 1 aliphatic carbocycles. The van der Waals surface area contributed by atoms with Crippen LogP contribution >= 0.6 is 11.3 Å². The van der Waals surface area contributed by atoms with E-state index in [1.54, 1.807) is 12.3 Å². The molecule has 3 aromatic heterocycles. The van der Waals surface area contributed by atoms with Crippen LogP contribution in [-0.2, 0) is 16.1 Å². The molecule has 0 spiro atoms. The van der Waals surface area contributed by atoms with Crippen LogP contribution in [0.2, 0.25) is 0 Å². The number of amides is 2. The van der Waals surface area contributed by atoms with Gasteiger partial charge in [0.05, 0.1) is 46.0 Å². The smallest absolute Gasteiger partial charge is 0.234 e. The first-order valence-electron chi connectivity index (χ1n) is 11.4. The van der Waals surface area contributed by atoms with Crippen molar-refractivity contribution in [2.75, 3.05) is 18.4 Å². The molecule has 9 heteroatoms. The Kier molecular flexibility index (Phi) is 4.57. The number of aromatic nitrogens is 2. The average Bonchev–Trinajstić information content (AvgIpc) is 3.03. The molecule has 3 aliphatic rings. The van der Waals surface area contributed by atoms with Crippen molar-refractivity contribution in [1.29, 1.82) is 5.26 Å². The number of thiophene rings is 1. The maximum atomic E-state index is 12.8. The maximum Gasteiger partial charge on any atom is 0.234 e. The van der Waals surface area contributed by atoms with Crippen LogP contribution in [0.5, 0.6) is 0 Å². The number of aryl methyl sites for hydroxylation is 1. The fourth-order valence-corrected chi connectivity index (χ4v) is 6.39. The lowest BCUT2D eigenvalue weighted by Gasteiger charge is -2.30. The van der Waals surface area contributed by atoms with Gasteiger partial charge in [-0.1, -0.05) is 13.8 Å². The molecule has 3 aromatic rings. The first kappa shape index (κ1) is 21.2. The molecule has 34 heavy (non-hydrogen) atoms. The van der Waals surface area contributed by atoms with E-state index in [0.717, 1.165) is 50.7 Å². The number of carbonyl (C=O) groups excluding carboxylic acids is 2. The number of fused-ring (bicyclic) bond motifs is 2. The van der Waals surface area contributed by atoms with Gasteiger partial charge in [-0.3, -0.25) is 19.5 Å². The fourth-order valence-electron chi connectivity index (χ4n) is 5.27. The Morgan fingerprint density at radius 2 is 2.00 bits per heavy atom. The Morgan fingerprint density at radius 1 is 1.26 bits per heavy atom. The molecule has 2 saturated heterocycles. The highest BCUT2D eigenvalue weighted by atomic mass is 32.1. The third-order valence-corrected chi connectivity index (χ3v) is 8.53. The summed E-state index contributed by atoms with van der Waals surface area (Å²) in [5, 5.41) is 16.4. The molecule has 8 nitrogen and oxygen atoms in total. The van der Waals surface area contributed by atoms with Gasteiger partial charge >= 0.3 is 0 Å². The molecule has 0 aromatic carbocycles. The standard InChI is InChI=1S/C25H24N6O2S/c1-12-6-13(8-26)29-21(20(12)30-14-9-27-10-14)16-4-5-28-17-7-15(34-22(16)17)11-31-23(32)18-19(24(31)33)25(18,2)3/h4-7,14,18-19,27,30H,9-11H2,1-3H3. The molecule has 0 bridgehead atoms. The lowest BCUT2D eigenvalue weighted by atomic mass is 10.0. The Labute approximate surface area is 201 Å². The predicted molar refractivity (Wildman–Crippen MR) is 129 cm³/mol. The van der Waals surface area contributed by atoms with Crippen molar-refractivity contribution in [2.45, 2.75) is 33.4 Å². The van der Waals surface area contributed by atoms with Gasteiger partial charge in [-0.05, 0) is 36.1 Å². The Bertz CT molecular complexity index is 1390. The van der Waals surface area contributed by atoms with E-state index < -0.39 is 0 Å². The number of piperidine rings is 1. The minimum atomic E-state index is -0.214. The normalized spacial score (nSPS) is 23.1. The number of pyridine rings is 2. The summed E-state index contributed by atoms with van der Waals surface area (Å²) in [5.41, 5.74) is 4.43. The number of imide groups is 1. The number of carbonyl (C=O) groups is 2. The number of nitriles is 1. The van der Waals surface area contributed by atoms with Crippen molar-refractivity contribution in [1.82, 2.24) is 20.2 Å². The lowest BCUT2D eigenvalue weighted by Crippen LogP contribution is -2.51. The van der Waals surface area contributed by atoms with Gasteiger partial charge in [0.25, 0.3) is 0 Å². The quantitative estimate of drug-likeness (QED) is 0.549. The summed E-state index contributed by atoms with van der Waals surface area (Å²) in [6, 6.07) is 8.14. The number of anilines is 1. The largest absolute Gasteiger partial charge is 0.378 e. The second-order valence-electron chi connectivity index (χ2n) is 9.98. The van der Waals surface area contributed by atoms with Crippen LogP contribution < -0.4 is 10.6 Å². The summed E-state index contributed by atoms with van der Waals surface area (Å²) < 4.78 is 0.929. The van der Waals surface area contributed by atoms with Crippen molar-refractivity contribution < 1.29 is 9.59 Å². The summed E-state index contributed by atoms with van der Waals surface area (Å²) in [6.07, 6.45) is 1.74. The molecule has 3 fully saturated rings. The van der Waals surface area contributed by atoms with E-state index >= 15 is 0 Å². The second-order valence-corrected chi connectivity index (χ2v) is 11.1. The number of hydrogen-bond donors (Lipinski definition) is 2. The molecule has 2 N–H and O–H groups in total. The summed E-state index contributed by atoms with van der Waals surface area (Å²) in [6.45, 7) is 7.98. The molecule has 1 saturated carbocycles. The highest BCUT2D eigenvalue weighted by Gasteiger charge is 2.72. The van der Waals surface area contributed by atoms with Gasteiger partial charge in [-0.25, -0.2) is 4.98 Å². The van der Waals surface area contributed by atoms with Crippen LogP contribution in [0.15, 0.2) is 24.4 Å². The van der Waals surface area contributed by atoms with Crippen LogP contribution in [0, 0.1) is 35.5 Å². The molecular weight excluding hydrogens is 448 g/mol. The molecule has 5 heterocycles. The Balaban J connectivity index is 1.38. The summed E-state index contributed by atoms with van der Waals surface area (Å²) >= 11 is 1.52. The van der Waals surface area contributed by atoms with Gasteiger partial charge in [-0.15, -0.1) is 11.3 Å². The third kappa shape index (κ3) is 3.06. The van der Waals surface area contributed by atoms with Crippen LogP contribution in [0.4, 0.5) is 5.69 Å². The van der Waals surface area contributed by atoms with Gasteiger partial charge in [0.1, 0.15) is 11.8 Å². The monoisotopic (exact) mass is 472 g/mol. The zero-order chi connectivity index (χ0) is 23.8. The minimum absolute atomic E-state index is 0.0646. The molecule has 2 amide bonds. The maximum absolute atomic E-state index is 12.8. The highest BCUT2D eigenvalue weighted by molar-refractivity contribution is 7.19. The van der Waals surface area contributed by atoms with E-state index in [4.69, 9.17) is 0 Å². The van der Waals surface area contributed by atoms with Gasteiger partial charge < -0.3 is 10.6 Å². The number of nitrogens with zero attached hydrogens (tertiary/aromatic N) is 4. The van der Waals surface area contributed by atoms with Gasteiger partial charge in [0.2, 0.25) is 11.8 Å². The van der Waals surface area contributed by atoms with E-state index in [0.29, 0.717) is 11.7 Å². The molecule has 2 unspecified atom stereocenters. The van der Waals surface area contributed by atoms with Crippen LogP contribution in [-0.4, -0.2) is 45.8 Å². The molecular formula is C25H24N6O2S. The predicted octanol–water partition coefficient (Wildman–Crippen LogP) is 3.06. The van der Waals surface area contributed by atoms with Crippen molar-refractivity contribution in [3.8, 4) is 17.3 Å². The molecule has 6 rings (SSSR count). The lowest BCUT2D eigenvalue weighted by molar-refractivity contribution is -0.143. The second kappa shape index (κ2) is 7.32. The molecule has 172 valence electrons. The molecule has 2 atom stereocenters. The minimum Gasteiger partial charge on any atom is -0.378 e. The van der Waals surface area contributed by atoms with E-state index in [1.165, 1.54) is 16.2 Å². The van der Waals surface area contributed by atoms with E-state index in [9.17, 15) is 14.9 Å². The first-order chi connectivity index (χ1) is 16.3. The van der Waals surface area contributed by atoms with Gasteiger partial charge in [-0.2, -0.15) is 5.26 Å². The van der Waals surface area contributed by atoms with E-state index in [1.807, 2.05) is 32.9 Å². The van der Waals surface area contributed by atoms with Crippen molar-refractivity contribution in [3.05, 3.63) is 40.5 Å². The highest BCUT2D eigenvalue weighted by Crippen LogP contribution is 2.63. The average molecular weight is 473 g/mol. The number of rotatable bonds is 5. The van der Waals surface area contributed by atoms with Gasteiger partial charge in [0.15, 0.2) is 0 Å². The fraction of sp³-hybridized carbons (Fsp3) is 0.400. The van der Waals surface area contributed by atoms with Crippen molar-refractivity contribution in [2.24, 2.45) is 17.3 Å². The zero-order valence-electron chi connectivity index (χ0n) is 19.2.